The number of carbonyl (C=O) groups excluding carboxylic acids is 3. The minimum Gasteiger partial charge on any atom is -0.497 e. The van der Waals surface area contributed by atoms with Crippen LogP contribution in [0.3, 0.4) is 0 Å². The SMILES string of the molecule is COc1ccc(/C=C(\NC(=O)c2ccccc2)C(=O)Nc2ccc(SC(C(=O)Nc3cc(Cl)ccc3Cl)c3ccccc3)cc2)cc1. The molecular weight excluding hydrogens is 653 g/mol. The Labute approximate surface area is 287 Å². The summed E-state index contributed by atoms with van der Waals surface area (Å²) in [4.78, 5) is 40.7. The Bertz CT molecular complexity index is 1890. The Morgan fingerprint density at radius 3 is 2.09 bits per heavy atom. The maximum absolute atomic E-state index is 13.5. The van der Waals surface area contributed by atoms with Crippen molar-refractivity contribution in [2.45, 2.75) is 10.1 Å². The lowest BCUT2D eigenvalue weighted by Gasteiger charge is -2.18. The first kappa shape index (κ1) is 33.3. The highest BCUT2D eigenvalue weighted by Gasteiger charge is 2.23. The Hall–Kier alpha value is -5.02. The van der Waals surface area contributed by atoms with Crippen molar-refractivity contribution >= 4 is 70.1 Å². The maximum Gasteiger partial charge on any atom is 0.272 e. The number of hydrogen-bond donors (Lipinski definition) is 3. The molecule has 0 aliphatic heterocycles. The minimum absolute atomic E-state index is 0.0583. The number of halogens is 2. The maximum atomic E-state index is 13.5. The fourth-order valence-electron chi connectivity index (χ4n) is 4.45. The zero-order valence-electron chi connectivity index (χ0n) is 25.1. The molecule has 0 aliphatic rings. The van der Waals surface area contributed by atoms with Crippen LogP contribution in [0.2, 0.25) is 10.0 Å². The lowest BCUT2D eigenvalue weighted by molar-refractivity contribution is -0.116. The highest BCUT2D eigenvalue weighted by Crippen LogP contribution is 2.37. The van der Waals surface area contributed by atoms with E-state index in [2.05, 4.69) is 16.0 Å². The number of thioether (sulfide) groups is 1. The molecule has 5 aromatic carbocycles. The van der Waals surface area contributed by atoms with E-state index in [-0.39, 0.29) is 11.6 Å². The van der Waals surface area contributed by atoms with Gasteiger partial charge in [0, 0.05) is 21.2 Å². The van der Waals surface area contributed by atoms with Crippen LogP contribution in [0.15, 0.2) is 138 Å². The fraction of sp³-hybridized carbons (Fsp3) is 0.0541. The number of methoxy groups -OCH3 is 1. The molecule has 1 unspecified atom stereocenters. The number of hydrogen-bond acceptors (Lipinski definition) is 5. The molecule has 0 bridgehead atoms. The first-order valence-electron chi connectivity index (χ1n) is 14.4. The van der Waals surface area contributed by atoms with E-state index in [1.807, 2.05) is 48.5 Å². The molecule has 0 fully saturated rings. The number of rotatable bonds is 11. The molecule has 0 spiro atoms. The molecule has 7 nitrogen and oxygen atoms in total. The predicted octanol–water partition coefficient (Wildman–Crippen LogP) is 8.88. The summed E-state index contributed by atoms with van der Waals surface area (Å²) in [6, 6.07) is 37.1. The first-order chi connectivity index (χ1) is 22.8. The summed E-state index contributed by atoms with van der Waals surface area (Å²) in [5.74, 6) is -0.535. The zero-order valence-corrected chi connectivity index (χ0v) is 27.4. The van der Waals surface area contributed by atoms with Gasteiger partial charge in [-0.05, 0) is 83.9 Å². The van der Waals surface area contributed by atoms with Gasteiger partial charge in [-0.1, -0.05) is 83.9 Å². The van der Waals surface area contributed by atoms with E-state index in [0.29, 0.717) is 38.3 Å². The van der Waals surface area contributed by atoms with Crippen LogP contribution in [-0.4, -0.2) is 24.8 Å². The average molecular weight is 683 g/mol. The van der Waals surface area contributed by atoms with E-state index in [1.165, 1.54) is 11.8 Å². The summed E-state index contributed by atoms with van der Waals surface area (Å²) in [5.41, 5.74) is 2.88. The normalized spacial score (nSPS) is 11.7. The predicted molar refractivity (Wildman–Crippen MR) is 190 cm³/mol. The molecule has 0 saturated carbocycles. The molecule has 0 saturated heterocycles. The summed E-state index contributed by atoms with van der Waals surface area (Å²) in [5, 5.41) is 8.70. The third kappa shape index (κ3) is 9.26. The molecule has 0 aromatic heterocycles. The van der Waals surface area contributed by atoms with Crippen molar-refractivity contribution in [3.05, 3.63) is 160 Å². The highest BCUT2D eigenvalue weighted by molar-refractivity contribution is 8.00. The molecule has 0 radical (unpaired) electrons. The van der Waals surface area contributed by atoms with Gasteiger partial charge in [0.1, 0.15) is 16.7 Å². The highest BCUT2D eigenvalue weighted by atomic mass is 35.5. The topological polar surface area (TPSA) is 96.5 Å². The van der Waals surface area contributed by atoms with E-state index < -0.39 is 17.1 Å². The number of nitrogens with one attached hydrogen (secondary N) is 3. The van der Waals surface area contributed by atoms with Crippen LogP contribution in [0.1, 0.15) is 26.7 Å². The van der Waals surface area contributed by atoms with Gasteiger partial charge in [-0.2, -0.15) is 0 Å². The van der Waals surface area contributed by atoms with Gasteiger partial charge < -0.3 is 20.7 Å². The van der Waals surface area contributed by atoms with E-state index in [0.717, 1.165) is 10.5 Å². The molecule has 10 heteroatoms. The van der Waals surface area contributed by atoms with Gasteiger partial charge >= 0.3 is 0 Å². The van der Waals surface area contributed by atoms with Crippen LogP contribution in [-0.2, 0) is 9.59 Å². The fourth-order valence-corrected chi connectivity index (χ4v) is 5.81. The summed E-state index contributed by atoms with van der Waals surface area (Å²) in [7, 11) is 1.57. The van der Waals surface area contributed by atoms with Crippen molar-refractivity contribution in [1.82, 2.24) is 5.32 Å². The first-order valence-corrected chi connectivity index (χ1v) is 16.0. The number of carbonyl (C=O) groups is 3. The van der Waals surface area contributed by atoms with E-state index in [1.54, 1.807) is 92.0 Å². The molecule has 236 valence electrons. The molecule has 0 aliphatic carbocycles. The summed E-state index contributed by atoms with van der Waals surface area (Å²) in [6.45, 7) is 0. The van der Waals surface area contributed by atoms with E-state index in [9.17, 15) is 14.4 Å². The number of ether oxygens (including phenoxy) is 1. The second-order valence-electron chi connectivity index (χ2n) is 10.2. The van der Waals surface area contributed by atoms with Gasteiger partial charge in [-0.25, -0.2) is 0 Å². The van der Waals surface area contributed by atoms with Crippen LogP contribution in [0.5, 0.6) is 5.75 Å². The van der Waals surface area contributed by atoms with Gasteiger partial charge in [0.15, 0.2) is 0 Å². The lowest BCUT2D eigenvalue weighted by atomic mass is 10.1. The second kappa shape index (κ2) is 16.0. The summed E-state index contributed by atoms with van der Waals surface area (Å²) >= 11 is 13.8. The molecule has 5 rings (SSSR count). The van der Waals surface area contributed by atoms with Crippen molar-refractivity contribution in [3.63, 3.8) is 0 Å². The Kier molecular flexibility index (Phi) is 11.4. The summed E-state index contributed by atoms with van der Waals surface area (Å²) in [6.07, 6.45) is 1.59. The van der Waals surface area contributed by atoms with Crippen LogP contribution >= 0.6 is 35.0 Å². The Balaban J connectivity index is 1.33. The lowest BCUT2D eigenvalue weighted by Crippen LogP contribution is -2.30. The van der Waals surface area contributed by atoms with E-state index in [4.69, 9.17) is 27.9 Å². The minimum atomic E-state index is -0.612. The van der Waals surface area contributed by atoms with Crippen molar-refractivity contribution in [1.29, 1.82) is 0 Å². The van der Waals surface area contributed by atoms with Crippen molar-refractivity contribution in [2.24, 2.45) is 0 Å². The van der Waals surface area contributed by atoms with Crippen LogP contribution < -0.4 is 20.7 Å². The molecule has 47 heavy (non-hydrogen) atoms. The molecule has 0 heterocycles. The second-order valence-corrected chi connectivity index (χ2v) is 12.2. The van der Waals surface area contributed by atoms with Crippen molar-refractivity contribution < 1.29 is 19.1 Å². The van der Waals surface area contributed by atoms with E-state index >= 15 is 0 Å². The summed E-state index contributed by atoms with van der Waals surface area (Å²) < 4.78 is 5.23. The molecule has 3 amide bonds. The monoisotopic (exact) mass is 681 g/mol. The standard InChI is InChI=1S/C37H29Cl2N3O4S/c1-46-29-17-12-24(13-18-29)22-33(42-35(43)26-10-6-3-7-11-26)36(44)40-28-15-19-30(20-16-28)47-34(25-8-4-2-5-9-25)37(45)41-32-23-27(38)14-21-31(32)39/h2-23,34H,1H3,(H,40,44)(H,41,45)(H,42,43)/b33-22-. The third-order valence-corrected chi connectivity index (χ3v) is 8.68. The smallest absolute Gasteiger partial charge is 0.272 e. The van der Waals surface area contributed by atoms with Crippen molar-refractivity contribution in [2.75, 3.05) is 17.7 Å². The van der Waals surface area contributed by atoms with Gasteiger partial charge in [0.25, 0.3) is 11.8 Å². The molecule has 3 N–H and O–H groups in total. The quantitative estimate of drug-likeness (QED) is 0.0956. The number of amides is 3. The Morgan fingerprint density at radius 1 is 0.766 bits per heavy atom. The van der Waals surface area contributed by atoms with Gasteiger partial charge in [-0.15, -0.1) is 11.8 Å². The average Bonchev–Trinajstić information content (AvgIpc) is 3.10. The van der Waals surface area contributed by atoms with Crippen molar-refractivity contribution in [3.8, 4) is 5.75 Å². The van der Waals surface area contributed by atoms with Crippen LogP contribution in [0.25, 0.3) is 6.08 Å². The van der Waals surface area contributed by atoms with Gasteiger partial charge in [0.05, 0.1) is 17.8 Å². The number of benzene rings is 5. The Morgan fingerprint density at radius 2 is 1.43 bits per heavy atom. The third-order valence-electron chi connectivity index (χ3n) is 6.85. The molecule has 5 aromatic rings. The van der Waals surface area contributed by atoms with Crippen LogP contribution in [0, 0.1) is 0 Å². The molecular formula is C37H29Cl2N3O4S. The van der Waals surface area contributed by atoms with Gasteiger partial charge in [0.2, 0.25) is 5.91 Å². The van der Waals surface area contributed by atoms with Gasteiger partial charge in [-0.3, -0.25) is 14.4 Å². The van der Waals surface area contributed by atoms with Crippen LogP contribution in [0.4, 0.5) is 11.4 Å². The zero-order chi connectivity index (χ0) is 33.2. The largest absolute Gasteiger partial charge is 0.497 e. The number of anilines is 2. The molecule has 1 atom stereocenters.